The zero-order valence-electron chi connectivity index (χ0n) is 8.50. The molecular formula is C12H16O. The van der Waals surface area contributed by atoms with E-state index in [0.717, 1.165) is 18.3 Å². The highest BCUT2D eigenvalue weighted by atomic mass is 16.1. The average Bonchev–Trinajstić information content (AvgIpc) is 2.16. The molecule has 0 heterocycles. The van der Waals surface area contributed by atoms with Gasteiger partial charge in [-0.2, -0.15) is 0 Å². The molecule has 0 aliphatic heterocycles. The third-order valence-electron chi connectivity index (χ3n) is 2.31. The number of carbonyl (C=O) groups is 1. The monoisotopic (exact) mass is 176 g/mol. The summed E-state index contributed by atoms with van der Waals surface area (Å²) in [6, 6.07) is 5.94. The largest absolute Gasteiger partial charge is 0.298 e. The summed E-state index contributed by atoms with van der Waals surface area (Å²) < 4.78 is 0. The van der Waals surface area contributed by atoms with Crippen LogP contribution in [-0.4, -0.2) is 6.29 Å². The highest BCUT2D eigenvalue weighted by Crippen LogP contribution is 2.20. The van der Waals surface area contributed by atoms with Crippen molar-refractivity contribution >= 4 is 6.29 Å². The van der Waals surface area contributed by atoms with Gasteiger partial charge in [0, 0.05) is 5.56 Å². The molecule has 0 bridgehead atoms. The highest BCUT2D eigenvalue weighted by molar-refractivity contribution is 5.75. The third kappa shape index (κ3) is 2.18. The molecule has 1 nitrogen and oxygen atoms in total. The molecule has 1 rings (SSSR count). The first kappa shape index (κ1) is 9.97. The van der Waals surface area contributed by atoms with Crippen molar-refractivity contribution in [2.45, 2.75) is 33.1 Å². The normalized spacial score (nSPS) is 10.5. The van der Waals surface area contributed by atoms with Crippen LogP contribution in [0.1, 0.15) is 48.2 Å². The second kappa shape index (κ2) is 4.22. The van der Waals surface area contributed by atoms with Crippen LogP contribution in [0.3, 0.4) is 0 Å². The van der Waals surface area contributed by atoms with Gasteiger partial charge in [-0.15, -0.1) is 0 Å². The molecule has 0 spiro atoms. The van der Waals surface area contributed by atoms with Gasteiger partial charge in [-0.25, -0.2) is 0 Å². The van der Waals surface area contributed by atoms with Crippen molar-refractivity contribution in [3.63, 3.8) is 0 Å². The SMILES string of the molecule is CCc1ccc(C=O)cc1C(C)C. The molecule has 1 aromatic rings. The fourth-order valence-corrected chi connectivity index (χ4v) is 1.55. The Morgan fingerprint density at radius 2 is 2.08 bits per heavy atom. The Hall–Kier alpha value is -1.11. The Morgan fingerprint density at radius 1 is 1.38 bits per heavy atom. The number of hydrogen-bond acceptors (Lipinski definition) is 1. The predicted molar refractivity (Wildman–Crippen MR) is 55.3 cm³/mol. The van der Waals surface area contributed by atoms with Crippen molar-refractivity contribution in [3.05, 3.63) is 34.9 Å². The number of aryl methyl sites for hydroxylation is 1. The van der Waals surface area contributed by atoms with Crippen molar-refractivity contribution in [2.24, 2.45) is 0 Å². The van der Waals surface area contributed by atoms with Crippen molar-refractivity contribution in [1.82, 2.24) is 0 Å². The van der Waals surface area contributed by atoms with E-state index in [1.54, 1.807) is 0 Å². The summed E-state index contributed by atoms with van der Waals surface area (Å²) in [5.74, 6) is 0.495. The van der Waals surface area contributed by atoms with Gasteiger partial charge in [0.2, 0.25) is 0 Å². The topological polar surface area (TPSA) is 17.1 Å². The second-order valence-corrected chi connectivity index (χ2v) is 3.58. The van der Waals surface area contributed by atoms with Gasteiger partial charge in [0.05, 0.1) is 0 Å². The Labute approximate surface area is 79.8 Å². The predicted octanol–water partition coefficient (Wildman–Crippen LogP) is 3.18. The Bertz CT molecular complexity index is 300. The quantitative estimate of drug-likeness (QED) is 0.646. The lowest BCUT2D eigenvalue weighted by molar-refractivity contribution is 0.112. The lowest BCUT2D eigenvalue weighted by atomic mass is 9.94. The van der Waals surface area contributed by atoms with E-state index in [0.29, 0.717) is 5.92 Å². The standard InChI is InChI=1S/C12H16O/c1-4-11-6-5-10(8-13)7-12(11)9(2)3/h5-9H,4H2,1-3H3. The molecule has 0 unspecified atom stereocenters. The maximum atomic E-state index is 10.6. The van der Waals surface area contributed by atoms with Gasteiger partial charge in [0.25, 0.3) is 0 Å². The molecule has 1 heteroatoms. The van der Waals surface area contributed by atoms with E-state index >= 15 is 0 Å². The van der Waals surface area contributed by atoms with E-state index < -0.39 is 0 Å². The van der Waals surface area contributed by atoms with Crippen LogP contribution in [-0.2, 0) is 6.42 Å². The van der Waals surface area contributed by atoms with Crippen LogP contribution in [0.2, 0.25) is 0 Å². The number of rotatable bonds is 3. The number of carbonyl (C=O) groups excluding carboxylic acids is 1. The van der Waals surface area contributed by atoms with E-state index in [9.17, 15) is 4.79 Å². The zero-order chi connectivity index (χ0) is 9.84. The molecule has 0 amide bonds. The lowest BCUT2D eigenvalue weighted by Gasteiger charge is -2.11. The van der Waals surface area contributed by atoms with Crippen LogP contribution in [0.15, 0.2) is 18.2 Å². The van der Waals surface area contributed by atoms with Gasteiger partial charge in [0.1, 0.15) is 6.29 Å². The van der Waals surface area contributed by atoms with Crippen LogP contribution < -0.4 is 0 Å². The minimum atomic E-state index is 0.495. The number of hydrogen-bond donors (Lipinski definition) is 0. The molecule has 1 aromatic carbocycles. The van der Waals surface area contributed by atoms with Gasteiger partial charge < -0.3 is 0 Å². The molecule has 0 radical (unpaired) electrons. The summed E-state index contributed by atoms with van der Waals surface area (Å²) in [4.78, 5) is 10.6. The summed E-state index contributed by atoms with van der Waals surface area (Å²) in [6.07, 6.45) is 1.94. The van der Waals surface area contributed by atoms with Crippen LogP contribution in [0.25, 0.3) is 0 Å². The van der Waals surface area contributed by atoms with Crippen molar-refractivity contribution in [2.75, 3.05) is 0 Å². The second-order valence-electron chi connectivity index (χ2n) is 3.58. The van der Waals surface area contributed by atoms with Crippen LogP contribution in [0, 0.1) is 0 Å². The van der Waals surface area contributed by atoms with Crippen LogP contribution in [0.4, 0.5) is 0 Å². The smallest absolute Gasteiger partial charge is 0.150 e. The minimum Gasteiger partial charge on any atom is -0.298 e. The van der Waals surface area contributed by atoms with Crippen LogP contribution in [0.5, 0.6) is 0 Å². The Balaban J connectivity index is 3.17. The molecule has 0 aliphatic carbocycles. The maximum absolute atomic E-state index is 10.6. The first-order valence-electron chi connectivity index (χ1n) is 4.77. The first-order valence-corrected chi connectivity index (χ1v) is 4.77. The molecule has 0 aromatic heterocycles. The zero-order valence-corrected chi connectivity index (χ0v) is 8.50. The minimum absolute atomic E-state index is 0.495. The average molecular weight is 176 g/mol. The van der Waals surface area contributed by atoms with E-state index in [2.05, 4.69) is 26.8 Å². The van der Waals surface area contributed by atoms with Gasteiger partial charge in [0.15, 0.2) is 0 Å². The fraction of sp³-hybridized carbons (Fsp3) is 0.417. The van der Waals surface area contributed by atoms with Crippen molar-refractivity contribution in [1.29, 1.82) is 0 Å². The third-order valence-corrected chi connectivity index (χ3v) is 2.31. The van der Waals surface area contributed by atoms with E-state index in [4.69, 9.17) is 0 Å². The fourth-order valence-electron chi connectivity index (χ4n) is 1.55. The van der Waals surface area contributed by atoms with Gasteiger partial charge in [-0.1, -0.05) is 32.9 Å². The number of benzene rings is 1. The van der Waals surface area contributed by atoms with Crippen LogP contribution >= 0.6 is 0 Å². The van der Waals surface area contributed by atoms with Crippen molar-refractivity contribution < 1.29 is 4.79 Å². The summed E-state index contributed by atoms with van der Waals surface area (Å²) >= 11 is 0. The van der Waals surface area contributed by atoms with Gasteiger partial charge in [-0.05, 0) is 29.5 Å². The highest BCUT2D eigenvalue weighted by Gasteiger charge is 2.05. The summed E-state index contributed by atoms with van der Waals surface area (Å²) in [5.41, 5.74) is 3.42. The summed E-state index contributed by atoms with van der Waals surface area (Å²) in [7, 11) is 0. The Morgan fingerprint density at radius 3 is 2.54 bits per heavy atom. The van der Waals surface area contributed by atoms with E-state index in [1.165, 1.54) is 11.1 Å². The molecule has 0 aliphatic rings. The molecule has 70 valence electrons. The Kier molecular flexibility index (Phi) is 3.24. The van der Waals surface area contributed by atoms with Gasteiger partial charge in [-0.3, -0.25) is 4.79 Å². The molecular weight excluding hydrogens is 160 g/mol. The molecule has 0 N–H and O–H groups in total. The van der Waals surface area contributed by atoms with E-state index in [-0.39, 0.29) is 0 Å². The molecule has 0 atom stereocenters. The molecule has 13 heavy (non-hydrogen) atoms. The lowest BCUT2D eigenvalue weighted by Crippen LogP contribution is -1.96. The number of aldehydes is 1. The summed E-state index contributed by atoms with van der Waals surface area (Å²) in [6.45, 7) is 6.45. The molecule has 0 saturated heterocycles. The summed E-state index contributed by atoms with van der Waals surface area (Å²) in [5, 5.41) is 0. The van der Waals surface area contributed by atoms with E-state index in [1.807, 2.05) is 12.1 Å². The van der Waals surface area contributed by atoms with Crippen molar-refractivity contribution in [3.8, 4) is 0 Å². The maximum Gasteiger partial charge on any atom is 0.150 e. The molecule has 0 fully saturated rings. The first-order chi connectivity index (χ1) is 6.19. The molecule has 0 saturated carbocycles. The van der Waals surface area contributed by atoms with Gasteiger partial charge >= 0.3 is 0 Å².